The molecule has 0 unspecified atom stereocenters. The fourth-order valence-corrected chi connectivity index (χ4v) is 1.33. The molecule has 1 aromatic heterocycles. The lowest BCUT2D eigenvalue weighted by atomic mass is 10.1. The van der Waals surface area contributed by atoms with E-state index in [9.17, 15) is 4.79 Å². The smallest absolute Gasteiger partial charge is 0.377 e. The standard InChI is InChI=1S/C11H10N2O4/c1-16-8-4-2-7(3-5-8)6-9-12-10(11(14)15)13-17-9/h2-5H,6H2,1H3,(H,14,15). The van der Waals surface area contributed by atoms with Gasteiger partial charge in [-0.3, -0.25) is 0 Å². The van der Waals surface area contributed by atoms with Crippen LogP contribution in [0.25, 0.3) is 0 Å². The van der Waals surface area contributed by atoms with Gasteiger partial charge in [-0.1, -0.05) is 12.1 Å². The number of benzene rings is 1. The highest BCUT2D eigenvalue weighted by atomic mass is 16.5. The third-order valence-corrected chi connectivity index (χ3v) is 2.17. The summed E-state index contributed by atoms with van der Waals surface area (Å²) in [6.45, 7) is 0. The predicted octanol–water partition coefficient (Wildman–Crippen LogP) is 1.37. The fraction of sp³-hybridized carbons (Fsp3) is 0.182. The maximum Gasteiger partial charge on any atom is 0.377 e. The molecule has 0 bridgehead atoms. The number of nitrogens with zero attached hydrogens (tertiary/aromatic N) is 2. The maximum absolute atomic E-state index is 10.5. The van der Waals surface area contributed by atoms with Gasteiger partial charge in [-0.2, -0.15) is 4.98 Å². The first kappa shape index (κ1) is 11.1. The van der Waals surface area contributed by atoms with Gasteiger partial charge in [0.15, 0.2) is 0 Å². The lowest BCUT2D eigenvalue weighted by Gasteiger charge is -2.00. The molecule has 0 atom stereocenters. The molecule has 0 radical (unpaired) electrons. The zero-order valence-corrected chi connectivity index (χ0v) is 9.08. The van der Waals surface area contributed by atoms with Crippen LogP contribution in [0, 0.1) is 0 Å². The van der Waals surface area contributed by atoms with E-state index in [1.54, 1.807) is 7.11 Å². The van der Waals surface area contributed by atoms with Crippen molar-refractivity contribution in [3.63, 3.8) is 0 Å². The summed E-state index contributed by atoms with van der Waals surface area (Å²) in [5.74, 6) is -0.499. The van der Waals surface area contributed by atoms with Crippen LogP contribution < -0.4 is 4.74 Å². The molecule has 0 aliphatic heterocycles. The maximum atomic E-state index is 10.5. The van der Waals surface area contributed by atoms with Crippen LogP contribution in [0.1, 0.15) is 22.1 Å². The van der Waals surface area contributed by atoms with Crippen LogP contribution >= 0.6 is 0 Å². The number of aromatic nitrogens is 2. The van der Waals surface area contributed by atoms with Crippen molar-refractivity contribution in [1.82, 2.24) is 10.1 Å². The molecule has 0 amide bonds. The molecular weight excluding hydrogens is 224 g/mol. The third-order valence-electron chi connectivity index (χ3n) is 2.17. The van der Waals surface area contributed by atoms with Crippen LogP contribution in [-0.2, 0) is 6.42 Å². The molecule has 2 rings (SSSR count). The summed E-state index contributed by atoms with van der Waals surface area (Å²) < 4.78 is 9.84. The average Bonchev–Trinajstić information content (AvgIpc) is 2.79. The molecule has 0 aliphatic rings. The number of hydrogen-bond acceptors (Lipinski definition) is 5. The second kappa shape index (κ2) is 4.65. The fourth-order valence-electron chi connectivity index (χ4n) is 1.33. The first-order valence-corrected chi connectivity index (χ1v) is 4.88. The van der Waals surface area contributed by atoms with Crippen molar-refractivity contribution in [2.45, 2.75) is 6.42 Å². The van der Waals surface area contributed by atoms with Gasteiger partial charge >= 0.3 is 5.97 Å². The minimum atomic E-state index is -1.20. The molecule has 17 heavy (non-hydrogen) atoms. The van der Waals surface area contributed by atoms with E-state index >= 15 is 0 Å². The Morgan fingerprint density at radius 3 is 2.65 bits per heavy atom. The number of carboxylic acid groups (broad SMARTS) is 1. The number of carboxylic acids is 1. The SMILES string of the molecule is COc1ccc(Cc2nc(C(=O)O)no2)cc1. The summed E-state index contributed by atoms with van der Waals surface area (Å²) in [4.78, 5) is 14.3. The molecule has 0 aliphatic carbocycles. The molecule has 88 valence electrons. The summed E-state index contributed by atoms with van der Waals surface area (Å²) in [5, 5.41) is 12.0. The van der Waals surface area contributed by atoms with Crippen molar-refractivity contribution in [3.05, 3.63) is 41.5 Å². The van der Waals surface area contributed by atoms with Crippen molar-refractivity contribution in [3.8, 4) is 5.75 Å². The van der Waals surface area contributed by atoms with E-state index in [-0.39, 0.29) is 11.7 Å². The van der Waals surface area contributed by atoms with E-state index in [0.717, 1.165) is 11.3 Å². The number of carbonyl (C=O) groups is 1. The van der Waals surface area contributed by atoms with Crippen molar-refractivity contribution < 1.29 is 19.2 Å². The number of rotatable bonds is 4. The average molecular weight is 234 g/mol. The van der Waals surface area contributed by atoms with Crippen LogP contribution in [0.2, 0.25) is 0 Å². The lowest BCUT2D eigenvalue weighted by Crippen LogP contribution is -1.99. The second-order valence-electron chi connectivity index (χ2n) is 3.34. The lowest BCUT2D eigenvalue weighted by molar-refractivity contribution is 0.0680. The topological polar surface area (TPSA) is 85.5 Å². The minimum Gasteiger partial charge on any atom is -0.497 e. The number of aromatic carboxylic acids is 1. The Bertz CT molecular complexity index is 519. The number of methoxy groups -OCH3 is 1. The zero-order chi connectivity index (χ0) is 12.3. The van der Waals surface area contributed by atoms with E-state index in [2.05, 4.69) is 10.1 Å². The van der Waals surface area contributed by atoms with Crippen molar-refractivity contribution in [1.29, 1.82) is 0 Å². The third kappa shape index (κ3) is 2.60. The molecule has 6 heteroatoms. The monoisotopic (exact) mass is 234 g/mol. The van der Waals surface area contributed by atoms with E-state index in [1.807, 2.05) is 24.3 Å². The second-order valence-corrected chi connectivity index (χ2v) is 3.34. The Morgan fingerprint density at radius 2 is 2.12 bits per heavy atom. The van der Waals surface area contributed by atoms with Crippen LogP contribution in [0.4, 0.5) is 0 Å². The molecule has 0 saturated carbocycles. The molecular formula is C11H10N2O4. The largest absolute Gasteiger partial charge is 0.497 e. The summed E-state index contributed by atoms with van der Waals surface area (Å²) in [6.07, 6.45) is 0.393. The van der Waals surface area contributed by atoms with E-state index in [0.29, 0.717) is 6.42 Å². The molecule has 1 heterocycles. The van der Waals surface area contributed by atoms with Gasteiger partial charge < -0.3 is 14.4 Å². The zero-order valence-electron chi connectivity index (χ0n) is 9.08. The molecule has 1 N–H and O–H groups in total. The Kier molecular flexibility index (Phi) is 3.04. The normalized spacial score (nSPS) is 10.2. The van der Waals surface area contributed by atoms with Gasteiger partial charge in [-0.05, 0) is 22.9 Å². The summed E-state index contributed by atoms with van der Waals surface area (Å²) in [6, 6.07) is 7.32. The van der Waals surface area contributed by atoms with E-state index < -0.39 is 5.97 Å². The van der Waals surface area contributed by atoms with Crippen molar-refractivity contribution >= 4 is 5.97 Å². The summed E-state index contributed by atoms with van der Waals surface area (Å²) in [7, 11) is 1.59. The van der Waals surface area contributed by atoms with Crippen LogP contribution in [-0.4, -0.2) is 28.3 Å². The molecule has 6 nitrogen and oxygen atoms in total. The van der Waals surface area contributed by atoms with Crippen LogP contribution in [0.15, 0.2) is 28.8 Å². The molecule has 0 saturated heterocycles. The Labute approximate surface area is 96.8 Å². The van der Waals surface area contributed by atoms with E-state index in [4.69, 9.17) is 14.4 Å². The molecule has 1 aromatic carbocycles. The summed E-state index contributed by atoms with van der Waals surface area (Å²) >= 11 is 0. The van der Waals surface area contributed by atoms with Crippen molar-refractivity contribution in [2.24, 2.45) is 0 Å². The first-order chi connectivity index (χ1) is 8.19. The van der Waals surface area contributed by atoms with Gasteiger partial charge in [0, 0.05) is 0 Å². The highest BCUT2D eigenvalue weighted by Gasteiger charge is 2.12. The van der Waals surface area contributed by atoms with Gasteiger partial charge in [0.1, 0.15) is 5.75 Å². The van der Waals surface area contributed by atoms with Crippen LogP contribution in [0.3, 0.4) is 0 Å². The quantitative estimate of drug-likeness (QED) is 0.859. The Morgan fingerprint density at radius 1 is 1.41 bits per heavy atom. The van der Waals surface area contributed by atoms with Gasteiger partial charge in [0.2, 0.25) is 5.89 Å². The van der Waals surface area contributed by atoms with E-state index in [1.165, 1.54) is 0 Å². The highest BCUT2D eigenvalue weighted by molar-refractivity contribution is 5.82. The molecule has 0 fully saturated rings. The highest BCUT2D eigenvalue weighted by Crippen LogP contribution is 2.14. The first-order valence-electron chi connectivity index (χ1n) is 4.88. The Balaban J connectivity index is 2.11. The van der Waals surface area contributed by atoms with Gasteiger partial charge in [-0.15, -0.1) is 0 Å². The van der Waals surface area contributed by atoms with Gasteiger partial charge in [0.25, 0.3) is 5.82 Å². The molecule has 2 aromatic rings. The van der Waals surface area contributed by atoms with Crippen LogP contribution in [0.5, 0.6) is 5.75 Å². The number of ether oxygens (including phenoxy) is 1. The molecule has 0 spiro atoms. The minimum absolute atomic E-state index is 0.271. The van der Waals surface area contributed by atoms with Gasteiger partial charge in [0.05, 0.1) is 13.5 Å². The predicted molar refractivity (Wildman–Crippen MR) is 57.1 cm³/mol. The number of hydrogen-bond donors (Lipinski definition) is 1. The van der Waals surface area contributed by atoms with Gasteiger partial charge in [-0.25, -0.2) is 4.79 Å². The summed E-state index contributed by atoms with van der Waals surface area (Å²) in [5.41, 5.74) is 0.936. The Hall–Kier alpha value is -2.37. The van der Waals surface area contributed by atoms with Crippen molar-refractivity contribution in [2.75, 3.05) is 7.11 Å².